The molecule has 4 aromatic rings. The zero-order chi connectivity index (χ0) is 17.1. The van der Waals surface area contributed by atoms with Crippen LogP contribution in [0.5, 0.6) is 11.5 Å². The van der Waals surface area contributed by atoms with Gasteiger partial charge in [0.25, 0.3) is 0 Å². The van der Waals surface area contributed by atoms with Crippen molar-refractivity contribution in [3.05, 3.63) is 83.6 Å². The summed E-state index contributed by atoms with van der Waals surface area (Å²) in [5.41, 5.74) is 1.82. The molecular formula is C20H15BrClN3O. The Morgan fingerprint density at radius 2 is 1.54 bits per heavy atom. The number of nitrogens with zero attached hydrogens (tertiary/aromatic N) is 2. The van der Waals surface area contributed by atoms with Crippen LogP contribution in [0, 0.1) is 0 Å². The summed E-state index contributed by atoms with van der Waals surface area (Å²) in [6, 6.07) is 23.4. The lowest BCUT2D eigenvalue weighted by Crippen LogP contribution is -1.96. The van der Waals surface area contributed by atoms with E-state index in [4.69, 9.17) is 4.74 Å². The van der Waals surface area contributed by atoms with Gasteiger partial charge in [-0.05, 0) is 54.6 Å². The van der Waals surface area contributed by atoms with E-state index < -0.39 is 0 Å². The normalized spacial score (nSPS) is 10.2. The fourth-order valence-corrected chi connectivity index (χ4v) is 2.86. The van der Waals surface area contributed by atoms with Crippen LogP contribution in [0.2, 0.25) is 0 Å². The number of nitrogens with one attached hydrogen (secondary N) is 1. The van der Waals surface area contributed by atoms with Gasteiger partial charge in [-0.25, -0.2) is 9.97 Å². The van der Waals surface area contributed by atoms with Crippen LogP contribution >= 0.6 is 28.3 Å². The molecule has 130 valence electrons. The second kappa shape index (κ2) is 8.17. The zero-order valence-electron chi connectivity index (χ0n) is 13.6. The van der Waals surface area contributed by atoms with Crippen molar-refractivity contribution in [2.45, 2.75) is 0 Å². The van der Waals surface area contributed by atoms with E-state index in [9.17, 15) is 0 Å². The molecule has 3 aromatic carbocycles. The number of anilines is 2. The highest BCUT2D eigenvalue weighted by Crippen LogP contribution is 2.27. The third-order valence-corrected chi connectivity index (χ3v) is 4.19. The lowest BCUT2D eigenvalue weighted by Gasteiger charge is -2.10. The third kappa shape index (κ3) is 4.12. The third-order valence-electron chi connectivity index (χ3n) is 3.69. The average Bonchev–Trinajstić information content (AvgIpc) is 2.65. The highest BCUT2D eigenvalue weighted by atomic mass is 79.9. The number of para-hydroxylation sites is 1. The van der Waals surface area contributed by atoms with Crippen molar-refractivity contribution in [3.8, 4) is 11.5 Å². The zero-order valence-corrected chi connectivity index (χ0v) is 16.0. The van der Waals surface area contributed by atoms with Crippen molar-refractivity contribution >= 4 is 50.7 Å². The van der Waals surface area contributed by atoms with Crippen LogP contribution in [0.25, 0.3) is 10.9 Å². The van der Waals surface area contributed by atoms with Gasteiger partial charge in [-0.2, -0.15) is 0 Å². The number of benzene rings is 3. The van der Waals surface area contributed by atoms with Crippen molar-refractivity contribution in [1.82, 2.24) is 9.97 Å². The first-order valence-electron chi connectivity index (χ1n) is 7.78. The number of aromatic nitrogens is 2. The molecule has 0 aliphatic heterocycles. The van der Waals surface area contributed by atoms with Crippen LogP contribution in [0.15, 0.2) is 83.6 Å². The standard InChI is InChI=1S/C20H14BrN3O.ClH/c21-14-6-11-19-18(12-14)20(23-13-22-19)24-15-7-9-17(10-8-15)25-16-4-2-1-3-5-16;/h1-13H,(H,22,23,24);1H. The van der Waals surface area contributed by atoms with Crippen molar-refractivity contribution in [1.29, 1.82) is 0 Å². The summed E-state index contributed by atoms with van der Waals surface area (Å²) in [5, 5.41) is 4.30. The second-order valence-electron chi connectivity index (χ2n) is 5.45. The molecule has 0 aliphatic carbocycles. The molecule has 1 heterocycles. The molecule has 0 fully saturated rings. The fourth-order valence-electron chi connectivity index (χ4n) is 2.50. The Hall–Kier alpha value is -2.63. The quantitative estimate of drug-likeness (QED) is 0.411. The number of rotatable bonds is 4. The van der Waals surface area contributed by atoms with Gasteiger partial charge in [-0.3, -0.25) is 0 Å². The number of ether oxygens (including phenoxy) is 1. The molecule has 0 aliphatic rings. The Bertz CT molecular complexity index is 1010. The topological polar surface area (TPSA) is 47.0 Å². The Labute approximate surface area is 165 Å². The molecule has 1 N–H and O–H groups in total. The van der Waals surface area contributed by atoms with E-state index >= 15 is 0 Å². The number of fused-ring (bicyclic) bond motifs is 1. The first-order chi connectivity index (χ1) is 12.3. The summed E-state index contributed by atoms with van der Waals surface area (Å²) in [7, 11) is 0. The second-order valence-corrected chi connectivity index (χ2v) is 6.36. The highest BCUT2D eigenvalue weighted by molar-refractivity contribution is 9.10. The molecule has 1 aromatic heterocycles. The van der Waals surface area contributed by atoms with Gasteiger partial charge in [0.2, 0.25) is 0 Å². The monoisotopic (exact) mass is 427 g/mol. The maximum absolute atomic E-state index is 5.81. The molecule has 26 heavy (non-hydrogen) atoms. The smallest absolute Gasteiger partial charge is 0.141 e. The van der Waals surface area contributed by atoms with Crippen LogP contribution in [0.3, 0.4) is 0 Å². The Morgan fingerprint density at radius 1 is 0.808 bits per heavy atom. The number of hydrogen-bond acceptors (Lipinski definition) is 4. The lowest BCUT2D eigenvalue weighted by atomic mass is 10.2. The van der Waals surface area contributed by atoms with Gasteiger partial charge in [-0.15, -0.1) is 12.4 Å². The molecule has 0 saturated carbocycles. The Kier molecular flexibility index (Phi) is 5.71. The van der Waals surface area contributed by atoms with Crippen molar-refractivity contribution in [3.63, 3.8) is 0 Å². The highest BCUT2D eigenvalue weighted by Gasteiger charge is 2.05. The summed E-state index contributed by atoms with van der Waals surface area (Å²) in [4.78, 5) is 8.65. The minimum absolute atomic E-state index is 0. The molecule has 4 nitrogen and oxygen atoms in total. The molecule has 0 saturated heterocycles. The van der Waals surface area contributed by atoms with Crippen LogP contribution in [0.4, 0.5) is 11.5 Å². The van der Waals surface area contributed by atoms with Crippen LogP contribution < -0.4 is 10.1 Å². The van der Waals surface area contributed by atoms with Gasteiger partial charge in [0.05, 0.1) is 5.52 Å². The summed E-state index contributed by atoms with van der Waals surface area (Å²) >= 11 is 3.49. The molecule has 6 heteroatoms. The minimum atomic E-state index is 0. The van der Waals surface area contributed by atoms with Gasteiger partial charge in [0, 0.05) is 15.5 Å². The largest absolute Gasteiger partial charge is 0.457 e. The van der Waals surface area contributed by atoms with Gasteiger partial charge in [-0.1, -0.05) is 34.1 Å². The molecule has 0 radical (unpaired) electrons. The summed E-state index contributed by atoms with van der Waals surface area (Å²) in [6.07, 6.45) is 1.56. The summed E-state index contributed by atoms with van der Waals surface area (Å²) in [6.45, 7) is 0. The molecular weight excluding hydrogens is 414 g/mol. The first-order valence-corrected chi connectivity index (χ1v) is 8.57. The van der Waals surface area contributed by atoms with Crippen molar-refractivity contribution in [2.24, 2.45) is 0 Å². The van der Waals surface area contributed by atoms with E-state index in [2.05, 4.69) is 31.2 Å². The van der Waals surface area contributed by atoms with Crippen molar-refractivity contribution < 1.29 is 4.74 Å². The molecule has 0 atom stereocenters. The summed E-state index contributed by atoms with van der Waals surface area (Å²) in [5.74, 6) is 2.37. The van der Waals surface area contributed by atoms with Gasteiger partial charge >= 0.3 is 0 Å². The minimum Gasteiger partial charge on any atom is -0.457 e. The fraction of sp³-hybridized carbons (Fsp3) is 0. The van der Waals surface area contributed by atoms with E-state index in [1.807, 2.05) is 72.8 Å². The van der Waals surface area contributed by atoms with Gasteiger partial charge < -0.3 is 10.1 Å². The van der Waals surface area contributed by atoms with Gasteiger partial charge in [0.15, 0.2) is 0 Å². The van der Waals surface area contributed by atoms with Gasteiger partial charge in [0.1, 0.15) is 23.6 Å². The Morgan fingerprint density at radius 3 is 2.31 bits per heavy atom. The SMILES string of the molecule is Brc1ccc2ncnc(Nc3ccc(Oc4ccccc4)cc3)c2c1.Cl. The van der Waals surface area contributed by atoms with E-state index in [1.54, 1.807) is 6.33 Å². The molecule has 4 rings (SSSR count). The molecule has 0 bridgehead atoms. The van der Waals surface area contributed by atoms with Crippen molar-refractivity contribution in [2.75, 3.05) is 5.32 Å². The number of halogens is 2. The predicted octanol–water partition coefficient (Wildman–Crippen LogP) is 6.35. The Balaban J connectivity index is 0.00000196. The van der Waals surface area contributed by atoms with E-state index in [0.29, 0.717) is 0 Å². The summed E-state index contributed by atoms with van der Waals surface area (Å²) < 4.78 is 6.80. The average molecular weight is 429 g/mol. The van der Waals surface area contributed by atoms with Crippen LogP contribution in [-0.4, -0.2) is 9.97 Å². The predicted molar refractivity (Wildman–Crippen MR) is 111 cm³/mol. The van der Waals surface area contributed by atoms with E-state index in [1.165, 1.54) is 0 Å². The number of hydrogen-bond donors (Lipinski definition) is 1. The maximum Gasteiger partial charge on any atom is 0.141 e. The first kappa shape index (κ1) is 18.2. The van der Waals surface area contributed by atoms with E-state index in [-0.39, 0.29) is 12.4 Å². The maximum atomic E-state index is 5.81. The molecule has 0 spiro atoms. The molecule has 0 unspecified atom stereocenters. The lowest BCUT2D eigenvalue weighted by molar-refractivity contribution is 0.483. The molecule has 0 amide bonds. The van der Waals surface area contributed by atoms with E-state index in [0.717, 1.165) is 38.4 Å². The van der Waals surface area contributed by atoms with Crippen LogP contribution in [0.1, 0.15) is 0 Å². The van der Waals surface area contributed by atoms with Crippen LogP contribution in [-0.2, 0) is 0 Å².